The van der Waals surface area contributed by atoms with Crippen LogP contribution in [0.4, 0.5) is 0 Å². The van der Waals surface area contributed by atoms with E-state index in [1.54, 1.807) is 0 Å². The molecule has 4 nitrogen and oxygen atoms in total. The molecule has 1 N–H and O–H groups in total. The fraction of sp³-hybridized carbons (Fsp3) is 0.929. The van der Waals surface area contributed by atoms with Gasteiger partial charge in [0, 0.05) is 13.1 Å². The smallest absolute Gasteiger partial charge is 0.0936 e. The number of nitriles is 1. The van der Waals surface area contributed by atoms with Gasteiger partial charge in [0.15, 0.2) is 0 Å². The molecule has 1 heterocycles. The zero-order valence-electron chi connectivity index (χ0n) is 11.9. The molecule has 1 aliphatic heterocycles. The third kappa shape index (κ3) is 5.34. The molecule has 1 aliphatic rings. The van der Waals surface area contributed by atoms with Crippen molar-refractivity contribution in [2.45, 2.75) is 52.2 Å². The lowest BCUT2D eigenvalue weighted by atomic mass is 9.89. The highest BCUT2D eigenvalue weighted by molar-refractivity contribution is 4.91. The van der Waals surface area contributed by atoms with Gasteiger partial charge in [-0.15, -0.1) is 0 Å². The molecule has 0 aliphatic carbocycles. The molecular weight excluding hydrogens is 228 g/mol. The lowest BCUT2D eigenvalue weighted by Gasteiger charge is -2.36. The van der Waals surface area contributed by atoms with Crippen molar-refractivity contribution in [3.8, 4) is 6.07 Å². The first-order valence-electron chi connectivity index (χ1n) is 6.87. The van der Waals surface area contributed by atoms with Crippen molar-refractivity contribution in [1.29, 1.82) is 5.26 Å². The molecule has 2 unspecified atom stereocenters. The Morgan fingerprint density at radius 1 is 1.39 bits per heavy atom. The molecule has 0 aromatic rings. The number of ether oxygens (including phenoxy) is 1. The van der Waals surface area contributed by atoms with Crippen LogP contribution in [0.25, 0.3) is 0 Å². The quantitative estimate of drug-likeness (QED) is 0.734. The summed E-state index contributed by atoms with van der Waals surface area (Å²) in [7, 11) is 0. The Bertz CT molecular complexity index is 286. The molecule has 4 heteroatoms. The van der Waals surface area contributed by atoms with Crippen LogP contribution in [0.2, 0.25) is 0 Å². The summed E-state index contributed by atoms with van der Waals surface area (Å²) in [5.74, 6) is 0. The van der Waals surface area contributed by atoms with Crippen molar-refractivity contribution in [3.63, 3.8) is 0 Å². The molecule has 0 saturated carbocycles. The van der Waals surface area contributed by atoms with E-state index in [4.69, 9.17) is 15.1 Å². The highest BCUT2D eigenvalue weighted by Crippen LogP contribution is 2.22. The minimum Gasteiger partial charge on any atom is -0.394 e. The van der Waals surface area contributed by atoms with Crippen LogP contribution in [0, 0.1) is 16.7 Å². The molecule has 2 atom stereocenters. The molecule has 0 bridgehead atoms. The fourth-order valence-electron chi connectivity index (χ4n) is 2.38. The fourth-order valence-corrected chi connectivity index (χ4v) is 2.38. The van der Waals surface area contributed by atoms with Crippen molar-refractivity contribution in [2.24, 2.45) is 5.41 Å². The van der Waals surface area contributed by atoms with Crippen molar-refractivity contribution in [1.82, 2.24) is 4.90 Å². The summed E-state index contributed by atoms with van der Waals surface area (Å²) < 4.78 is 5.61. The average Bonchev–Trinajstić information content (AvgIpc) is 2.34. The van der Waals surface area contributed by atoms with Gasteiger partial charge in [-0.2, -0.15) is 5.26 Å². The number of nitrogens with zero attached hydrogens (tertiary/aromatic N) is 2. The monoisotopic (exact) mass is 254 g/mol. The van der Waals surface area contributed by atoms with Crippen LogP contribution in [0.3, 0.4) is 0 Å². The Morgan fingerprint density at radius 2 is 2.11 bits per heavy atom. The standard InChI is InChI=1S/C14H26N2O2/c1-12-8-16(9-13(10-17)18-12)7-5-4-6-14(2,3)11-15/h12-13,17H,4-10H2,1-3H3. The predicted octanol–water partition coefficient (Wildman–Crippen LogP) is 1.79. The Morgan fingerprint density at radius 3 is 2.72 bits per heavy atom. The maximum absolute atomic E-state index is 9.15. The van der Waals surface area contributed by atoms with Gasteiger partial charge in [-0.05, 0) is 40.2 Å². The predicted molar refractivity (Wildman–Crippen MR) is 71.1 cm³/mol. The molecule has 0 amide bonds. The first kappa shape index (κ1) is 15.4. The van der Waals surface area contributed by atoms with Crippen LogP contribution < -0.4 is 0 Å². The van der Waals surface area contributed by atoms with Crippen LogP contribution in [0.5, 0.6) is 0 Å². The van der Waals surface area contributed by atoms with Gasteiger partial charge < -0.3 is 9.84 Å². The Labute approximate surface area is 111 Å². The molecule has 18 heavy (non-hydrogen) atoms. The van der Waals surface area contributed by atoms with Crippen molar-refractivity contribution >= 4 is 0 Å². The number of hydrogen-bond acceptors (Lipinski definition) is 4. The third-order valence-corrected chi connectivity index (χ3v) is 3.43. The molecule has 0 spiro atoms. The van der Waals surface area contributed by atoms with E-state index in [0.717, 1.165) is 38.9 Å². The second kappa shape index (κ2) is 7.08. The van der Waals surface area contributed by atoms with Crippen LogP contribution >= 0.6 is 0 Å². The zero-order valence-corrected chi connectivity index (χ0v) is 11.9. The second-order valence-corrected chi connectivity index (χ2v) is 5.96. The van der Waals surface area contributed by atoms with E-state index in [1.807, 2.05) is 20.8 Å². The van der Waals surface area contributed by atoms with E-state index in [0.29, 0.717) is 0 Å². The molecule has 1 saturated heterocycles. The lowest BCUT2D eigenvalue weighted by molar-refractivity contribution is -0.0952. The average molecular weight is 254 g/mol. The number of aliphatic hydroxyl groups excluding tert-OH is 1. The second-order valence-electron chi connectivity index (χ2n) is 5.96. The Balaban J connectivity index is 2.21. The van der Waals surface area contributed by atoms with E-state index < -0.39 is 0 Å². The molecule has 1 fully saturated rings. The summed E-state index contributed by atoms with van der Waals surface area (Å²) in [5.41, 5.74) is -0.202. The van der Waals surface area contributed by atoms with Crippen LogP contribution in [-0.2, 0) is 4.74 Å². The molecular formula is C14H26N2O2. The maximum atomic E-state index is 9.15. The van der Waals surface area contributed by atoms with Crippen LogP contribution in [-0.4, -0.2) is 48.5 Å². The summed E-state index contributed by atoms with van der Waals surface area (Å²) in [6.07, 6.45) is 3.30. The molecule has 1 rings (SSSR count). The van der Waals surface area contributed by atoms with Crippen LogP contribution in [0.15, 0.2) is 0 Å². The molecule has 0 aromatic carbocycles. The van der Waals surface area contributed by atoms with Gasteiger partial charge in [-0.3, -0.25) is 4.90 Å². The summed E-state index contributed by atoms with van der Waals surface area (Å²) in [6.45, 7) is 8.93. The first-order chi connectivity index (χ1) is 8.46. The maximum Gasteiger partial charge on any atom is 0.0936 e. The number of hydrogen-bond donors (Lipinski definition) is 1. The first-order valence-corrected chi connectivity index (χ1v) is 6.87. The minimum atomic E-state index is -0.202. The molecule has 104 valence electrons. The van der Waals surface area contributed by atoms with E-state index in [-0.39, 0.29) is 24.2 Å². The van der Waals surface area contributed by atoms with E-state index in [1.165, 1.54) is 0 Å². The zero-order chi connectivity index (χ0) is 13.6. The minimum absolute atomic E-state index is 0.0377. The Kier molecular flexibility index (Phi) is 6.07. The number of rotatable bonds is 6. The summed E-state index contributed by atoms with van der Waals surface area (Å²) in [4.78, 5) is 2.36. The van der Waals surface area contributed by atoms with Gasteiger partial charge >= 0.3 is 0 Å². The van der Waals surface area contributed by atoms with Crippen molar-refractivity contribution in [2.75, 3.05) is 26.2 Å². The van der Waals surface area contributed by atoms with Gasteiger partial charge in [0.1, 0.15) is 0 Å². The van der Waals surface area contributed by atoms with E-state index >= 15 is 0 Å². The Hall–Kier alpha value is -0.630. The van der Waals surface area contributed by atoms with E-state index in [9.17, 15) is 0 Å². The number of unbranched alkanes of at least 4 members (excludes halogenated alkanes) is 1. The topological polar surface area (TPSA) is 56.5 Å². The van der Waals surface area contributed by atoms with Gasteiger partial charge in [-0.1, -0.05) is 6.42 Å². The van der Waals surface area contributed by atoms with Gasteiger partial charge in [-0.25, -0.2) is 0 Å². The van der Waals surface area contributed by atoms with Gasteiger partial charge in [0.25, 0.3) is 0 Å². The summed E-state index contributed by atoms with van der Waals surface area (Å²) >= 11 is 0. The molecule has 0 aromatic heterocycles. The van der Waals surface area contributed by atoms with Gasteiger partial charge in [0.2, 0.25) is 0 Å². The van der Waals surface area contributed by atoms with Gasteiger partial charge in [0.05, 0.1) is 30.3 Å². The highest BCUT2D eigenvalue weighted by Gasteiger charge is 2.24. The van der Waals surface area contributed by atoms with Crippen LogP contribution in [0.1, 0.15) is 40.0 Å². The number of morpholine rings is 1. The SMILES string of the molecule is CC1CN(CCCCC(C)(C)C#N)CC(CO)O1. The number of aliphatic hydroxyl groups is 1. The van der Waals surface area contributed by atoms with Crippen molar-refractivity contribution < 1.29 is 9.84 Å². The normalized spacial score (nSPS) is 25.9. The molecule has 0 radical (unpaired) electrons. The van der Waals surface area contributed by atoms with Crippen molar-refractivity contribution in [3.05, 3.63) is 0 Å². The third-order valence-electron chi connectivity index (χ3n) is 3.43. The summed E-state index contributed by atoms with van der Waals surface area (Å²) in [6, 6.07) is 2.34. The largest absolute Gasteiger partial charge is 0.394 e. The summed E-state index contributed by atoms with van der Waals surface area (Å²) in [5, 5.41) is 18.1. The lowest BCUT2D eigenvalue weighted by Crippen LogP contribution is -2.48. The van der Waals surface area contributed by atoms with E-state index in [2.05, 4.69) is 11.0 Å². The highest BCUT2D eigenvalue weighted by atomic mass is 16.5.